The number of hydrogen-bond acceptors (Lipinski definition) is 4. The Kier molecular flexibility index (Phi) is 7.15. The van der Waals surface area contributed by atoms with E-state index in [4.69, 9.17) is 4.74 Å². The van der Waals surface area contributed by atoms with Crippen molar-refractivity contribution in [3.8, 4) is 0 Å². The Balaban J connectivity index is 2.22. The largest absolute Gasteiger partial charge is 0.394 e. The summed E-state index contributed by atoms with van der Waals surface area (Å²) < 4.78 is 5.39. The van der Waals surface area contributed by atoms with E-state index in [9.17, 15) is 5.11 Å². The van der Waals surface area contributed by atoms with Crippen LogP contribution >= 0.6 is 0 Å². The van der Waals surface area contributed by atoms with Crippen LogP contribution < -0.4 is 5.32 Å². The second-order valence-corrected chi connectivity index (χ2v) is 5.68. The molecule has 0 amide bonds. The van der Waals surface area contributed by atoms with Gasteiger partial charge in [0.25, 0.3) is 0 Å². The molecule has 1 rings (SSSR count). The van der Waals surface area contributed by atoms with E-state index >= 15 is 0 Å². The van der Waals surface area contributed by atoms with Gasteiger partial charge in [0, 0.05) is 24.8 Å². The van der Waals surface area contributed by atoms with Crippen molar-refractivity contribution >= 4 is 0 Å². The third kappa shape index (κ3) is 5.22. The van der Waals surface area contributed by atoms with Crippen molar-refractivity contribution in [2.24, 2.45) is 0 Å². The van der Waals surface area contributed by atoms with Crippen LogP contribution in [0.1, 0.15) is 39.5 Å². The van der Waals surface area contributed by atoms with Crippen LogP contribution in [0.2, 0.25) is 0 Å². The summed E-state index contributed by atoms with van der Waals surface area (Å²) in [6.45, 7) is 8.22. The van der Waals surface area contributed by atoms with Crippen molar-refractivity contribution in [2.75, 3.05) is 40.0 Å². The van der Waals surface area contributed by atoms with Gasteiger partial charge in [0.2, 0.25) is 0 Å². The van der Waals surface area contributed by atoms with Gasteiger partial charge >= 0.3 is 0 Å². The van der Waals surface area contributed by atoms with Crippen molar-refractivity contribution in [1.82, 2.24) is 10.2 Å². The number of aliphatic hydroxyl groups is 1. The maximum Gasteiger partial charge on any atom is 0.0610 e. The van der Waals surface area contributed by atoms with Crippen LogP contribution in [0, 0.1) is 0 Å². The van der Waals surface area contributed by atoms with Crippen LogP contribution in [-0.4, -0.2) is 61.5 Å². The van der Waals surface area contributed by atoms with E-state index in [1.807, 2.05) is 0 Å². The molecule has 1 unspecified atom stereocenters. The van der Waals surface area contributed by atoms with E-state index in [-0.39, 0.29) is 12.1 Å². The summed E-state index contributed by atoms with van der Waals surface area (Å²) in [6, 6.07) is 0.679. The Bertz CT molecular complexity index is 220. The average molecular weight is 258 g/mol. The highest BCUT2D eigenvalue weighted by Crippen LogP contribution is 2.16. The smallest absolute Gasteiger partial charge is 0.0610 e. The zero-order chi connectivity index (χ0) is 13.4. The fraction of sp³-hybridized carbons (Fsp3) is 1.00. The molecule has 18 heavy (non-hydrogen) atoms. The summed E-state index contributed by atoms with van der Waals surface area (Å²) in [5.41, 5.74) is -0.120. The fourth-order valence-electron chi connectivity index (χ4n) is 2.68. The van der Waals surface area contributed by atoms with Crippen molar-refractivity contribution < 1.29 is 9.84 Å². The predicted molar refractivity (Wildman–Crippen MR) is 74.9 cm³/mol. The summed E-state index contributed by atoms with van der Waals surface area (Å²) in [7, 11) is 2.21. The molecule has 0 spiro atoms. The molecule has 0 aromatic carbocycles. The molecule has 0 aromatic heterocycles. The quantitative estimate of drug-likeness (QED) is 0.687. The van der Waals surface area contributed by atoms with Gasteiger partial charge in [-0.3, -0.25) is 0 Å². The zero-order valence-electron chi connectivity index (χ0n) is 12.2. The van der Waals surface area contributed by atoms with Crippen molar-refractivity contribution in [3.05, 3.63) is 0 Å². The van der Waals surface area contributed by atoms with E-state index in [1.54, 1.807) is 0 Å². The third-order valence-electron chi connectivity index (χ3n) is 4.01. The average Bonchev–Trinajstić information content (AvgIpc) is 2.40. The van der Waals surface area contributed by atoms with Gasteiger partial charge in [-0.2, -0.15) is 0 Å². The molecule has 1 heterocycles. The number of ether oxygens (including phenoxy) is 1. The molecule has 0 bridgehead atoms. The minimum atomic E-state index is -0.120. The Hall–Kier alpha value is -0.160. The number of aliphatic hydroxyl groups excluding tert-OH is 1. The first-order valence-electron chi connectivity index (χ1n) is 7.25. The molecule has 0 saturated carbocycles. The zero-order valence-corrected chi connectivity index (χ0v) is 12.2. The minimum absolute atomic E-state index is 0.120. The number of likely N-dealkylation sites (N-methyl/N-ethyl adjacent to an activating group) is 1. The Morgan fingerprint density at radius 1 is 1.39 bits per heavy atom. The third-order valence-corrected chi connectivity index (χ3v) is 4.01. The maximum absolute atomic E-state index is 9.44. The molecule has 1 atom stereocenters. The lowest BCUT2D eigenvalue weighted by Crippen LogP contribution is -2.46. The molecular formula is C14H30N2O2. The highest BCUT2D eigenvalue weighted by molar-refractivity contribution is 4.82. The summed E-state index contributed by atoms with van der Waals surface area (Å²) in [6.07, 6.45) is 4.45. The van der Waals surface area contributed by atoms with Crippen LogP contribution in [-0.2, 0) is 4.74 Å². The van der Waals surface area contributed by atoms with Crippen molar-refractivity contribution in [1.29, 1.82) is 0 Å². The number of nitrogens with one attached hydrogen (secondary N) is 1. The molecule has 0 aliphatic carbocycles. The summed E-state index contributed by atoms with van der Waals surface area (Å²) in [5, 5.41) is 12.8. The maximum atomic E-state index is 9.44. The molecule has 0 aromatic rings. The second kappa shape index (κ2) is 8.10. The number of rotatable bonds is 8. The summed E-state index contributed by atoms with van der Waals surface area (Å²) in [4.78, 5) is 2.45. The molecular weight excluding hydrogens is 228 g/mol. The fourth-order valence-corrected chi connectivity index (χ4v) is 2.68. The van der Waals surface area contributed by atoms with Gasteiger partial charge in [-0.15, -0.1) is 0 Å². The second-order valence-electron chi connectivity index (χ2n) is 5.68. The van der Waals surface area contributed by atoms with Crippen molar-refractivity contribution in [3.63, 3.8) is 0 Å². The first kappa shape index (κ1) is 15.9. The first-order chi connectivity index (χ1) is 8.61. The van der Waals surface area contributed by atoms with Crippen LogP contribution in [0.4, 0.5) is 0 Å². The van der Waals surface area contributed by atoms with Gasteiger partial charge in [-0.1, -0.05) is 6.92 Å². The Labute approximate surface area is 112 Å². The molecule has 1 fully saturated rings. The Morgan fingerprint density at radius 2 is 2.06 bits per heavy atom. The molecule has 108 valence electrons. The van der Waals surface area contributed by atoms with E-state index in [2.05, 4.69) is 31.1 Å². The summed E-state index contributed by atoms with van der Waals surface area (Å²) >= 11 is 0. The van der Waals surface area contributed by atoms with Crippen LogP contribution in [0.25, 0.3) is 0 Å². The molecule has 4 nitrogen and oxygen atoms in total. The lowest BCUT2D eigenvalue weighted by Gasteiger charge is -2.33. The monoisotopic (exact) mass is 258 g/mol. The molecule has 4 heteroatoms. The van der Waals surface area contributed by atoms with E-state index < -0.39 is 0 Å². The van der Waals surface area contributed by atoms with Gasteiger partial charge in [-0.25, -0.2) is 0 Å². The van der Waals surface area contributed by atoms with E-state index in [0.29, 0.717) is 6.04 Å². The van der Waals surface area contributed by atoms with E-state index in [1.165, 1.54) is 0 Å². The van der Waals surface area contributed by atoms with Gasteiger partial charge in [0.1, 0.15) is 0 Å². The minimum Gasteiger partial charge on any atom is -0.394 e. The predicted octanol–water partition coefficient (Wildman–Crippen LogP) is 1.24. The first-order valence-corrected chi connectivity index (χ1v) is 7.25. The molecule has 0 radical (unpaired) electrons. The number of hydrogen-bond donors (Lipinski definition) is 2. The molecule has 1 aliphatic rings. The van der Waals surface area contributed by atoms with Crippen LogP contribution in [0.3, 0.4) is 0 Å². The number of nitrogens with zero attached hydrogens (tertiary/aromatic N) is 1. The SMILES string of the molecule is CCNC(C)(CO)CCCN(C)C1CCOCC1. The van der Waals surface area contributed by atoms with Crippen molar-refractivity contribution in [2.45, 2.75) is 51.1 Å². The topological polar surface area (TPSA) is 44.7 Å². The Morgan fingerprint density at radius 3 is 2.61 bits per heavy atom. The molecule has 2 N–H and O–H groups in total. The highest BCUT2D eigenvalue weighted by Gasteiger charge is 2.23. The normalized spacial score (nSPS) is 21.2. The van der Waals surface area contributed by atoms with Gasteiger partial charge in [-0.05, 0) is 52.7 Å². The summed E-state index contributed by atoms with van der Waals surface area (Å²) in [5.74, 6) is 0. The van der Waals surface area contributed by atoms with Gasteiger partial charge in [0.05, 0.1) is 6.61 Å². The van der Waals surface area contributed by atoms with E-state index in [0.717, 1.165) is 52.0 Å². The van der Waals surface area contributed by atoms with Crippen LogP contribution in [0.15, 0.2) is 0 Å². The highest BCUT2D eigenvalue weighted by atomic mass is 16.5. The standard InChI is InChI=1S/C14H30N2O2/c1-4-15-14(2,12-17)8-5-9-16(3)13-6-10-18-11-7-13/h13,15,17H,4-12H2,1-3H3. The molecule has 1 saturated heterocycles. The van der Waals surface area contributed by atoms with Gasteiger partial charge in [0.15, 0.2) is 0 Å². The van der Waals surface area contributed by atoms with Gasteiger partial charge < -0.3 is 20.1 Å². The lowest BCUT2D eigenvalue weighted by atomic mass is 9.96. The lowest BCUT2D eigenvalue weighted by molar-refractivity contribution is 0.0415. The van der Waals surface area contributed by atoms with Crippen LogP contribution in [0.5, 0.6) is 0 Å². The molecule has 1 aliphatic heterocycles.